The molecule has 14 nitrogen and oxygen atoms in total. The number of amides is 2. The van der Waals surface area contributed by atoms with Crippen LogP contribution in [0, 0.1) is 0 Å². The highest BCUT2D eigenvalue weighted by Crippen LogP contribution is 2.48. The van der Waals surface area contributed by atoms with Crippen molar-refractivity contribution in [3.63, 3.8) is 0 Å². The van der Waals surface area contributed by atoms with Crippen LogP contribution in [-0.4, -0.2) is 76.1 Å². The number of Topliss-reactive ketones (excluding diaryl/α,β-unsaturated/α-hetero) is 1. The summed E-state index contributed by atoms with van der Waals surface area (Å²) in [5.74, 6) is -3.44. The number of hydrogen-bond donors (Lipinski definition) is 5. The average molecular weight is 832 g/mol. The van der Waals surface area contributed by atoms with E-state index in [1.165, 1.54) is 31.4 Å². The van der Waals surface area contributed by atoms with Crippen LogP contribution in [-0.2, 0) is 26.3 Å². The maximum absolute atomic E-state index is 13.0. The molecular formula is C41H37ClF3N7O7. The predicted octanol–water partition coefficient (Wildman–Crippen LogP) is 6.49. The third-order valence-electron chi connectivity index (χ3n) is 9.17. The predicted molar refractivity (Wildman–Crippen MR) is 211 cm³/mol. The fraction of sp³-hybridized carbons (Fsp3) is 0.244. The van der Waals surface area contributed by atoms with E-state index in [9.17, 15) is 37.5 Å². The Bertz CT molecular complexity index is 2310. The van der Waals surface area contributed by atoms with Crippen LogP contribution in [0.5, 0.6) is 11.8 Å². The average Bonchev–Trinajstić information content (AvgIpc) is 4.00. The van der Waals surface area contributed by atoms with Gasteiger partial charge in [0.15, 0.2) is 6.61 Å². The Labute approximate surface area is 340 Å². The Hall–Kier alpha value is -6.75. The number of nitrogens with zero attached hydrogens (tertiary/aromatic N) is 3. The molecule has 2 amide bonds. The lowest BCUT2D eigenvalue weighted by Gasteiger charge is -2.19. The molecule has 5 aromatic rings. The molecule has 1 atom stereocenters. The number of ether oxygens (including phenoxy) is 2. The van der Waals surface area contributed by atoms with Crippen molar-refractivity contribution in [3.8, 4) is 22.9 Å². The molecule has 0 spiro atoms. The van der Waals surface area contributed by atoms with Crippen LogP contribution in [0.1, 0.15) is 40.7 Å². The van der Waals surface area contributed by atoms with Crippen molar-refractivity contribution < 1.29 is 46.9 Å². The van der Waals surface area contributed by atoms with E-state index in [0.717, 1.165) is 16.7 Å². The molecule has 1 saturated carbocycles. The zero-order valence-corrected chi connectivity index (χ0v) is 32.1. The van der Waals surface area contributed by atoms with E-state index in [1.807, 2.05) is 42.5 Å². The normalized spacial score (nSPS) is 13.4. The zero-order chi connectivity index (χ0) is 42.2. The molecule has 0 unspecified atom stereocenters. The van der Waals surface area contributed by atoms with E-state index < -0.39 is 53.9 Å². The van der Waals surface area contributed by atoms with Crippen LogP contribution in [0.3, 0.4) is 0 Å². The van der Waals surface area contributed by atoms with Gasteiger partial charge in [0.1, 0.15) is 11.8 Å². The molecule has 1 heterocycles. The summed E-state index contributed by atoms with van der Waals surface area (Å²) >= 11 is 6.03. The first kappa shape index (κ1) is 41.9. The Morgan fingerprint density at radius 3 is 2.24 bits per heavy atom. The molecule has 1 aromatic heterocycles. The fourth-order valence-corrected chi connectivity index (χ4v) is 6.13. The molecule has 59 heavy (non-hydrogen) atoms. The van der Waals surface area contributed by atoms with Crippen molar-refractivity contribution in [2.24, 2.45) is 0 Å². The zero-order valence-electron chi connectivity index (χ0n) is 31.3. The summed E-state index contributed by atoms with van der Waals surface area (Å²) in [6.45, 7) is -1.86. The third-order valence-corrected chi connectivity index (χ3v) is 9.42. The second-order valence-corrected chi connectivity index (χ2v) is 13.9. The number of nitrogens with one attached hydrogen (secondary N) is 4. The van der Waals surface area contributed by atoms with E-state index in [1.54, 1.807) is 30.3 Å². The molecule has 0 radical (unpaired) electrons. The largest absolute Gasteiger partial charge is 0.496 e. The number of carbonyl (C=O) groups excluding carboxylic acids is 3. The molecule has 0 saturated heterocycles. The molecule has 18 heteroatoms. The van der Waals surface area contributed by atoms with E-state index in [4.69, 9.17) is 21.1 Å². The second-order valence-electron chi connectivity index (χ2n) is 13.5. The minimum atomic E-state index is -4.65. The number of hydrogen-bond acceptors (Lipinski definition) is 11. The Kier molecular flexibility index (Phi) is 12.9. The van der Waals surface area contributed by atoms with Crippen molar-refractivity contribution in [1.82, 2.24) is 25.6 Å². The van der Waals surface area contributed by atoms with Gasteiger partial charge in [0.25, 0.3) is 11.8 Å². The van der Waals surface area contributed by atoms with E-state index in [-0.39, 0.29) is 36.8 Å². The quantitative estimate of drug-likeness (QED) is 0.0604. The number of rotatable bonds is 18. The molecule has 6 rings (SSSR count). The highest BCUT2D eigenvalue weighted by atomic mass is 35.5. The molecule has 306 valence electrons. The molecule has 0 aliphatic heterocycles. The lowest BCUT2D eigenvalue weighted by molar-refractivity contribution is -0.154. The van der Waals surface area contributed by atoms with Gasteiger partial charge in [-0.15, -0.1) is 0 Å². The lowest BCUT2D eigenvalue weighted by Crippen LogP contribution is -2.43. The van der Waals surface area contributed by atoms with Crippen molar-refractivity contribution in [3.05, 3.63) is 119 Å². The molecule has 0 bridgehead atoms. The first-order chi connectivity index (χ1) is 28.2. The van der Waals surface area contributed by atoms with Crippen LogP contribution >= 0.6 is 11.6 Å². The van der Waals surface area contributed by atoms with Gasteiger partial charge in [-0.2, -0.15) is 28.1 Å². The van der Waals surface area contributed by atoms with Crippen molar-refractivity contribution in [1.29, 1.82) is 0 Å². The monoisotopic (exact) mass is 831 g/mol. The van der Waals surface area contributed by atoms with Gasteiger partial charge in [-0.25, -0.2) is 4.79 Å². The Morgan fingerprint density at radius 1 is 0.898 bits per heavy atom. The standard InChI is InChI=1S/C41H37ClF3N7O7/c1-58-33-22-24(7-16-30(33)25-5-3-2-4-6-25)21-32(53)35(55)46-20-17-31(36(56)57)48-34(54)26-8-14-29(15-9-26)47-37-49-38(51-39(50-37)59-23-41(43,44)45)52-40(18-19-40)27-10-12-28(42)13-11-27/h2-16,22,31H,17-21,23H2,1H3,(H,46,55)(H,48,54)(H,56,57)(H2,47,49,50,51,52)/t31-/m0/s1. The molecule has 4 aromatic carbocycles. The van der Waals surface area contributed by atoms with Gasteiger partial charge in [0, 0.05) is 34.8 Å². The highest BCUT2D eigenvalue weighted by Gasteiger charge is 2.45. The number of halogens is 4. The van der Waals surface area contributed by atoms with Crippen LogP contribution in [0.2, 0.25) is 5.02 Å². The number of aromatic nitrogens is 3. The van der Waals surface area contributed by atoms with Gasteiger partial charge in [-0.3, -0.25) is 14.4 Å². The Balaban J connectivity index is 1.03. The second kappa shape index (κ2) is 18.2. The summed E-state index contributed by atoms with van der Waals surface area (Å²) < 4.78 is 49.2. The maximum Gasteiger partial charge on any atom is 0.422 e. The van der Waals surface area contributed by atoms with Gasteiger partial charge in [0.05, 0.1) is 12.6 Å². The Morgan fingerprint density at radius 2 is 1.59 bits per heavy atom. The summed E-state index contributed by atoms with van der Waals surface area (Å²) in [7, 11) is 1.51. The van der Waals surface area contributed by atoms with E-state index >= 15 is 0 Å². The van der Waals surface area contributed by atoms with Crippen molar-refractivity contribution >= 4 is 52.8 Å². The van der Waals surface area contributed by atoms with Gasteiger partial charge in [-0.1, -0.05) is 66.2 Å². The van der Waals surface area contributed by atoms with Gasteiger partial charge in [-0.05, 0) is 78.4 Å². The molecule has 1 aliphatic rings. The topological polar surface area (TPSA) is 194 Å². The van der Waals surface area contributed by atoms with Gasteiger partial charge < -0.3 is 35.8 Å². The summed E-state index contributed by atoms with van der Waals surface area (Å²) in [4.78, 5) is 62.6. The van der Waals surface area contributed by atoms with Gasteiger partial charge >= 0.3 is 18.2 Å². The summed E-state index contributed by atoms with van der Waals surface area (Å²) in [5, 5.41) is 21.1. The molecule has 1 fully saturated rings. The van der Waals surface area contributed by atoms with Crippen LogP contribution in [0.15, 0.2) is 97.1 Å². The first-order valence-electron chi connectivity index (χ1n) is 18.1. The highest BCUT2D eigenvalue weighted by molar-refractivity contribution is 6.36. The molecular weight excluding hydrogens is 795 g/mol. The summed E-state index contributed by atoms with van der Waals surface area (Å²) in [5.41, 5.74) is 2.99. The summed E-state index contributed by atoms with van der Waals surface area (Å²) in [6, 6.07) is 25.4. The first-order valence-corrected chi connectivity index (χ1v) is 18.5. The number of carboxylic acid groups (broad SMARTS) is 1. The smallest absolute Gasteiger partial charge is 0.422 e. The van der Waals surface area contributed by atoms with Crippen LogP contribution < -0.4 is 30.7 Å². The minimum absolute atomic E-state index is 0.0436. The SMILES string of the molecule is COc1cc(CC(=O)C(=O)NCC[C@H](NC(=O)c2ccc(Nc3nc(NC4(c5ccc(Cl)cc5)CC4)nc(OCC(F)(F)F)n3)cc2)C(=O)O)ccc1-c1ccccc1. The van der Waals surface area contributed by atoms with E-state index in [2.05, 4.69) is 36.2 Å². The van der Waals surface area contributed by atoms with Crippen LogP contribution in [0.25, 0.3) is 11.1 Å². The number of benzene rings is 4. The fourth-order valence-electron chi connectivity index (χ4n) is 6.00. The number of ketones is 1. The number of alkyl halides is 3. The van der Waals surface area contributed by atoms with E-state index in [0.29, 0.717) is 34.9 Å². The lowest BCUT2D eigenvalue weighted by atomic mass is 10.0. The number of anilines is 3. The number of aliphatic carboxylic acids is 1. The number of carboxylic acids is 1. The maximum atomic E-state index is 13.0. The minimum Gasteiger partial charge on any atom is -0.496 e. The van der Waals surface area contributed by atoms with Gasteiger partial charge in [0.2, 0.25) is 17.7 Å². The van der Waals surface area contributed by atoms with Crippen molar-refractivity contribution in [2.75, 3.05) is 30.9 Å². The molecule has 1 aliphatic carbocycles. The van der Waals surface area contributed by atoms with Crippen LogP contribution in [0.4, 0.5) is 30.8 Å². The third kappa shape index (κ3) is 11.4. The number of methoxy groups -OCH3 is 1. The summed E-state index contributed by atoms with van der Waals surface area (Å²) in [6.07, 6.45) is -3.70. The van der Waals surface area contributed by atoms with Crippen molar-refractivity contribution in [2.45, 2.75) is 43.4 Å². The number of carbonyl (C=O) groups is 4. The molecule has 5 N–H and O–H groups in total.